The zero-order valence-electron chi connectivity index (χ0n) is 16.2. The average molecular weight is 494 g/mol. The molecule has 0 saturated carbocycles. The molecule has 1 amide bonds. The smallest absolute Gasteiger partial charge is 0.410 e. The van der Waals surface area contributed by atoms with Gasteiger partial charge in [-0.1, -0.05) is 6.07 Å². The molecule has 0 spiro atoms. The number of amides is 1. The lowest BCUT2D eigenvalue weighted by molar-refractivity contribution is 0.0204. The summed E-state index contributed by atoms with van der Waals surface area (Å²) in [5, 5.41) is 4.09. The molecule has 1 aromatic carbocycles. The molecule has 1 fully saturated rings. The van der Waals surface area contributed by atoms with E-state index in [1.807, 2.05) is 39.0 Å². The van der Waals surface area contributed by atoms with Crippen molar-refractivity contribution >= 4 is 45.2 Å². The van der Waals surface area contributed by atoms with E-state index in [9.17, 15) is 9.59 Å². The number of hydrogen-bond acceptors (Lipinski definition) is 4. The number of benzene rings is 1. The number of carbonyl (C=O) groups excluding carboxylic acids is 1. The summed E-state index contributed by atoms with van der Waals surface area (Å²) in [6.07, 6.45) is 1.25. The van der Waals surface area contributed by atoms with Crippen molar-refractivity contribution in [1.29, 1.82) is 0 Å². The molecule has 1 N–H and O–H groups in total. The van der Waals surface area contributed by atoms with E-state index in [1.54, 1.807) is 11.0 Å². The van der Waals surface area contributed by atoms with Crippen molar-refractivity contribution in [2.24, 2.45) is 0 Å². The number of halogens is 1. The maximum absolute atomic E-state index is 12.7. The normalized spacial score (nSPS) is 16.1. The van der Waals surface area contributed by atoms with Crippen LogP contribution in [0.2, 0.25) is 0 Å². The fraction of sp³-hybridized carbons (Fsp3) is 0.450. The van der Waals surface area contributed by atoms with Crippen molar-refractivity contribution in [2.45, 2.75) is 45.1 Å². The number of rotatable bonds is 1. The summed E-state index contributed by atoms with van der Waals surface area (Å²) in [5.41, 5.74) is 1.75. The van der Waals surface area contributed by atoms with Crippen molar-refractivity contribution in [3.63, 3.8) is 0 Å². The van der Waals surface area contributed by atoms with Crippen LogP contribution in [0.4, 0.5) is 4.79 Å². The van der Waals surface area contributed by atoms with Crippen LogP contribution in [-0.2, 0) is 4.74 Å². The van der Waals surface area contributed by atoms with Gasteiger partial charge in [0, 0.05) is 28.6 Å². The first-order valence-electron chi connectivity index (χ1n) is 9.41. The second-order valence-corrected chi connectivity index (χ2v) is 9.36. The molecule has 0 bridgehead atoms. The Morgan fingerprint density at radius 3 is 2.68 bits per heavy atom. The molecule has 3 heterocycles. The molecule has 148 valence electrons. The van der Waals surface area contributed by atoms with Crippen molar-refractivity contribution in [3.05, 3.63) is 43.9 Å². The number of nitrogens with one attached hydrogen (secondary N) is 1. The van der Waals surface area contributed by atoms with Crippen molar-refractivity contribution in [1.82, 2.24) is 19.5 Å². The number of likely N-dealkylation sites (tertiary alicyclic amines) is 1. The molecule has 8 heteroatoms. The van der Waals surface area contributed by atoms with Gasteiger partial charge in [0.1, 0.15) is 5.60 Å². The monoisotopic (exact) mass is 494 g/mol. The SMILES string of the molecule is CC(C)(C)OC(=O)N1CCC(c2cc(=O)n3[nH]c4cccc(I)c4c3n2)CC1. The Morgan fingerprint density at radius 1 is 1.29 bits per heavy atom. The Kier molecular flexibility index (Phi) is 4.84. The van der Waals surface area contributed by atoms with Gasteiger partial charge >= 0.3 is 6.09 Å². The fourth-order valence-electron chi connectivity index (χ4n) is 3.63. The van der Waals surface area contributed by atoms with Crippen LogP contribution in [0.1, 0.15) is 45.2 Å². The molecule has 1 aliphatic heterocycles. The van der Waals surface area contributed by atoms with E-state index < -0.39 is 5.60 Å². The molecular formula is C20H23IN4O3. The van der Waals surface area contributed by atoms with Gasteiger partial charge in [0.05, 0.1) is 16.6 Å². The molecule has 0 radical (unpaired) electrons. The summed E-state index contributed by atoms with van der Waals surface area (Å²) in [4.78, 5) is 31.5. The molecule has 0 aliphatic carbocycles. The number of aromatic amines is 1. The minimum absolute atomic E-state index is 0.110. The molecule has 0 unspecified atom stereocenters. The van der Waals surface area contributed by atoms with E-state index >= 15 is 0 Å². The highest BCUT2D eigenvalue weighted by molar-refractivity contribution is 14.1. The lowest BCUT2D eigenvalue weighted by Crippen LogP contribution is -2.41. The molecule has 1 saturated heterocycles. The van der Waals surface area contributed by atoms with Gasteiger partial charge < -0.3 is 9.64 Å². The van der Waals surface area contributed by atoms with Gasteiger partial charge in [0.2, 0.25) is 0 Å². The van der Waals surface area contributed by atoms with E-state index in [4.69, 9.17) is 9.72 Å². The first-order chi connectivity index (χ1) is 13.2. The second-order valence-electron chi connectivity index (χ2n) is 8.19. The predicted molar refractivity (Wildman–Crippen MR) is 116 cm³/mol. The third-order valence-electron chi connectivity index (χ3n) is 4.97. The number of ether oxygens (including phenoxy) is 1. The summed E-state index contributed by atoms with van der Waals surface area (Å²) < 4.78 is 8.02. The molecule has 2 aromatic heterocycles. The largest absolute Gasteiger partial charge is 0.444 e. The van der Waals surface area contributed by atoms with Crippen LogP contribution in [-0.4, -0.2) is 44.3 Å². The summed E-state index contributed by atoms with van der Waals surface area (Å²) in [5.74, 6) is 0.155. The van der Waals surface area contributed by atoms with Gasteiger partial charge in [-0.2, -0.15) is 0 Å². The number of hydrogen-bond donors (Lipinski definition) is 1. The number of carbonyl (C=O) groups is 1. The fourth-order valence-corrected chi connectivity index (χ4v) is 4.37. The Bertz CT molecular complexity index is 1100. The maximum Gasteiger partial charge on any atom is 0.410 e. The summed E-state index contributed by atoms with van der Waals surface area (Å²) in [6.45, 7) is 6.81. The van der Waals surface area contributed by atoms with Crippen LogP contribution in [0.15, 0.2) is 29.1 Å². The molecule has 3 aromatic rings. The summed E-state index contributed by atoms with van der Waals surface area (Å²) in [7, 11) is 0. The predicted octanol–water partition coefficient (Wildman–Crippen LogP) is 3.89. The molecule has 1 aliphatic rings. The molecule has 28 heavy (non-hydrogen) atoms. The summed E-state index contributed by atoms with van der Waals surface area (Å²) in [6, 6.07) is 7.53. The quantitative estimate of drug-likeness (QED) is 0.521. The molecule has 4 rings (SSSR count). The van der Waals surface area contributed by atoms with Crippen molar-refractivity contribution in [3.8, 4) is 0 Å². The van der Waals surface area contributed by atoms with Gasteiger partial charge in [0.25, 0.3) is 5.56 Å². The lowest BCUT2D eigenvalue weighted by atomic mass is 9.93. The highest BCUT2D eigenvalue weighted by Gasteiger charge is 2.28. The zero-order valence-corrected chi connectivity index (χ0v) is 18.3. The van der Waals surface area contributed by atoms with Gasteiger partial charge in [-0.3, -0.25) is 9.89 Å². The van der Waals surface area contributed by atoms with E-state index in [0.29, 0.717) is 18.7 Å². The van der Waals surface area contributed by atoms with E-state index in [0.717, 1.165) is 33.0 Å². The van der Waals surface area contributed by atoms with Crippen LogP contribution in [0.5, 0.6) is 0 Å². The van der Waals surface area contributed by atoms with E-state index in [2.05, 4.69) is 27.7 Å². The Labute approximate surface area is 176 Å². The third kappa shape index (κ3) is 3.61. The second kappa shape index (κ2) is 7.06. The van der Waals surface area contributed by atoms with Crippen LogP contribution >= 0.6 is 22.6 Å². The van der Waals surface area contributed by atoms with Gasteiger partial charge in [-0.05, 0) is 68.3 Å². The van der Waals surface area contributed by atoms with Crippen LogP contribution in [0.3, 0.4) is 0 Å². The minimum atomic E-state index is -0.498. The topological polar surface area (TPSA) is 79.7 Å². The van der Waals surface area contributed by atoms with Crippen LogP contribution in [0, 0.1) is 3.57 Å². The van der Waals surface area contributed by atoms with E-state index in [-0.39, 0.29) is 17.6 Å². The number of H-pyrrole nitrogens is 1. The van der Waals surface area contributed by atoms with Crippen LogP contribution < -0.4 is 5.56 Å². The molecule has 0 atom stereocenters. The van der Waals surface area contributed by atoms with Crippen molar-refractivity contribution in [2.75, 3.05) is 13.1 Å². The average Bonchev–Trinajstić information content (AvgIpc) is 3.01. The van der Waals surface area contributed by atoms with Gasteiger partial charge in [0.15, 0.2) is 5.65 Å². The third-order valence-corrected chi connectivity index (χ3v) is 5.87. The van der Waals surface area contributed by atoms with Gasteiger partial charge in [-0.15, -0.1) is 0 Å². The Hall–Kier alpha value is -2.10. The lowest BCUT2D eigenvalue weighted by Gasteiger charge is -2.33. The zero-order chi connectivity index (χ0) is 20.1. The minimum Gasteiger partial charge on any atom is -0.444 e. The number of piperidine rings is 1. The van der Waals surface area contributed by atoms with Crippen molar-refractivity contribution < 1.29 is 9.53 Å². The summed E-state index contributed by atoms with van der Waals surface area (Å²) >= 11 is 2.27. The number of nitrogens with zero attached hydrogens (tertiary/aromatic N) is 3. The molecule has 7 nitrogen and oxygen atoms in total. The first-order valence-corrected chi connectivity index (χ1v) is 10.5. The Balaban J connectivity index is 1.60. The maximum atomic E-state index is 12.7. The highest BCUT2D eigenvalue weighted by Crippen LogP contribution is 2.29. The van der Waals surface area contributed by atoms with E-state index in [1.165, 1.54) is 4.52 Å². The van der Waals surface area contributed by atoms with Crippen LogP contribution in [0.25, 0.3) is 16.6 Å². The molecular weight excluding hydrogens is 471 g/mol. The number of aromatic nitrogens is 3. The number of fused-ring (bicyclic) bond motifs is 3. The standard InChI is InChI=1S/C20H23IN4O3/c1-20(2,3)28-19(27)24-9-7-12(8-10-24)15-11-16(26)25-18(22-15)17-13(21)5-4-6-14(17)23-25/h4-6,11-12,23H,7-10H2,1-3H3. The van der Waals surface area contributed by atoms with Gasteiger partial charge in [-0.25, -0.2) is 14.3 Å². The highest BCUT2D eigenvalue weighted by atomic mass is 127. The Morgan fingerprint density at radius 2 is 2.00 bits per heavy atom. The first kappa shape index (κ1) is 19.2.